The molecule has 29 heavy (non-hydrogen) atoms. The minimum atomic E-state index is -0.389. The van der Waals surface area contributed by atoms with Gasteiger partial charge in [-0.3, -0.25) is 4.79 Å². The molecule has 0 aliphatic carbocycles. The van der Waals surface area contributed by atoms with E-state index in [1.54, 1.807) is 0 Å². The van der Waals surface area contributed by atoms with Gasteiger partial charge in [0.25, 0.3) is 0 Å². The minimum Gasteiger partial charge on any atom is -0.366 e. The molecule has 0 radical (unpaired) electrons. The normalized spacial score (nSPS) is 11.5. The molecular weight excluding hydrogens is 356 g/mol. The van der Waals surface area contributed by atoms with Crippen LogP contribution in [0.1, 0.15) is 28.4 Å². The van der Waals surface area contributed by atoms with Crippen LogP contribution in [0.5, 0.6) is 0 Å². The standard InChI is InChI=1S/C26H22N2O/c1-2-17-11-13-21-24(15-17)28(23-9-5-8-22(25(21)23)26(27)29)16-18-10-12-19-6-3-4-7-20(19)14-18/h3-15H,2,16H2,1H3,(H2,27,29). The van der Waals surface area contributed by atoms with Crippen LogP contribution >= 0.6 is 0 Å². The van der Waals surface area contributed by atoms with Gasteiger partial charge in [0.1, 0.15) is 0 Å². The Morgan fingerprint density at radius 3 is 2.41 bits per heavy atom. The summed E-state index contributed by atoms with van der Waals surface area (Å²) in [5.74, 6) is -0.389. The maximum absolute atomic E-state index is 12.1. The largest absolute Gasteiger partial charge is 0.366 e. The lowest BCUT2D eigenvalue weighted by atomic mass is 10.0. The molecule has 142 valence electrons. The van der Waals surface area contributed by atoms with Gasteiger partial charge in [-0.25, -0.2) is 0 Å². The van der Waals surface area contributed by atoms with E-state index in [1.807, 2.05) is 12.1 Å². The summed E-state index contributed by atoms with van der Waals surface area (Å²) in [6, 6.07) is 27.3. The SMILES string of the molecule is CCc1ccc2c3c(C(N)=O)cccc3n(Cc3ccc4ccccc4c3)c2c1. The first-order chi connectivity index (χ1) is 14.2. The van der Waals surface area contributed by atoms with Crippen LogP contribution in [0.15, 0.2) is 78.9 Å². The Bertz CT molecular complexity index is 1390. The van der Waals surface area contributed by atoms with Gasteiger partial charge in [0.15, 0.2) is 0 Å². The molecule has 0 fully saturated rings. The fraction of sp³-hybridized carbons (Fsp3) is 0.115. The van der Waals surface area contributed by atoms with E-state index in [0.29, 0.717) is 5.56 Å². The second kappa shape index (κ2) is 6.78. The predicted molar refractivity (Wildman–Crippen MR) is 120 cm³/mol. The number of carbonyl (C=O) groups excluding carboxylic acids is 1. The number of aromatic nitrogens is 1. The van der Waals surface area contributed by atoms with Crippen LogP contribution < -0.4 is 5.73 Å². The highest BCUT2D eigenvalue weighted by Crippen LogP contribution is 2.33. The third-order valence-electron chi connectivity index (χ3n) is 5.78. The molecule has 1 heterocycles. The first kappa shape index (κ1) is 17.5. The molecule has 3 nitrogen and oxygen atoms in total. The number of aryl methyl sites for hydroxylation is 1. The highest BCUT2D eigenvalue weighted by Gasteiger charge is 2.17. The zero-order valence-corrected chi connectivity index (χ0v) is 16.4. The zero-order valence-electron chi connectivity index (χ0n) is 16.4. The Hall–Kier alpha value is -3.59. The van der Waals surface area contributed by atoms with Crippen LogP contribution in [0.2, 0.25) is 0 Å². The topological polar surface area (TPSA) is 48.0 Å². The van der Waals surface area contributed by atoms with Crippen LogP contribution in [0, 0.1) is 0 Å². The summed E-state index contributed by atoms with van der Waals surface area (Å²) < 4.78 is 2.31. The molecule has 3 heteroatoms. The number of nitrogens with zero attached hydrogens (tertiary/aromatic N) is 1. The van der Waals surface area contributed by atoms with Crippen LogP contribution in [0.3, 0.4) is 0 Å². The van der Waals surface area contributed by atoms with E-state index in [1.165, 1.54) is 21.9 Å². The van der Waals surface area contributed by atoms with E-state index in [2.05, 4.69) is 78.2 Å². The first-order valence-corrected chi connectivity index (χ1v) is 9.97. The van der Waals surface area contributed by atoms with E-state index >= 15 is 0 Å². The maximum atomic E-state index is 12.1. The van der Waals surface area contributed by atoms with Crippen molar-refractivity contribution in [1.29, 1.82) is 0 Å². The minimum absolute atomic E-state index is 0.389. The number of rotatable bonds is 4. The molecule has 0 aliphatic rings. The summed E-state index contributed by atoms with van der Waals surface area (Å²) in [6.45, 7) is 2.90. The van der Waals surface area contributed by atoms with Crippen molar-refractivity contribution in [3.05, 3.63) is 95.6 Å². The van der Waals surface area contributed by atoms with Gasteiger partial charge in [-0.2, -0.15) is 0 Å². The lowest BCUT2D eigenvalue weighted by Crippen LogP contribution is -2.11. The van der Waals surface area contributed by atoms with E-state index < -0.39 is 0 Å². The first-order valence-electron chi connectivity index (χ1n) is 9.97. The molecule has 1 aromatic heterocycles. The molecule has 0 saturated heterocycles. The summed E-state index contributed by atoms with van der Waals surface area (Å²) in [4.78, 5) is 12.1. The van der Waals surface area contributed by atoms with E-state index in [-0.39, 0.29) is 5.91 Å². The predicted octanol–water partition coefficient (Wildman–Crippen LogP) is 5.66. The molecular formula is C26H22N2O. The summed E-state index contributed by atoms with van der Waals surface area (Å²) in [5.41, 5.74) is 11.0. The quantitative estimate of drug-likeness (QED) is 0.431. The number of benzene rings is 4. The van der Waals surface area contributed by atoms with Gasteiger partial charge in [-0.15, -0.1) is 0 Å². The fourth-order valence-corrected chi connectivity index (χ4v) is 4.31. The van der Waals surface area contributed by atoms with Gasteiger partial charge in [-0.05, 0) is 52.6 Å². The van der Waals surface area contributed by atoms with Crippen molar-refractivity contribution in [3.8, 4) is 0 Å². The van der Waals surface area contributed by atoms with Crippen molar-refractivity contribution in [2.75, 3.05) is 0 Å². The smallest absolute Gasteiger partial charge is 0.249 e. The second-order valence-electron chi connectivity index (χ2n) is 7.54. The Morgan fingerprint density at radius 2 is 1.62 bits per heavy atom. The number of hydrogen-bond donors (Lipinski definition) is 1. The molecule has 0 aliphatic heterocycles. The Kier molecular flexibility index (Phi) is 4.09. The van der Waals surface area contributed by atoms with Gasteiger partial charge >= 0.3 is 0 Å². The molecule has 0 bridgehead atoms. The third kappa shape index (κ3) is 2.87. The van der Waals surface area contributed by atoms with Gasteiger partial charge in [0.2, 0.25) is 5.91 Å². The summed E-state index contributed by atoms with van der Waals surface area (Å²) in [5, 5.41) is 4.49. The fourth-order valence-electron chi connectivity index (χ4n) is 4.31. The highest BCUT2D eigenvalue weighted by atomic mass is 16.1. The Balaban J connectivity index is 1.78. The monoisotopic (exact) mass is 378 g/mol. The van der Waals surface area contributed by atoms with E-state index in [9.17, 15) is 4.79 Å². The number of primary amides is 1. The average Bonchev–Trinajstić information content (AvgIpc) is 3.06. The van der Waals surface area contributed by atoms with Crippen LogP contribution in [0.4, 0.5) is 0 Å². The van der Waals surface area contributed by atoms with Gasteiger partial charge < -0.3 is 10.3 Å². The third-order valence-corrected chi connectivity index (χ3v) is 5.78. The number of hydrogen-bond acceptors (Lipinski definition) is 1. The van der Waals surface area contributed by atoms with Crippen molar-refractivity contribution < 1.29 is 4.79 Å². The average molecular weight is 378 g/mol. The Morgan fingerprint density at radius 1 is 0.828 bits per heavy atom. The maximum Gasteiger partial charge on any atom is 0.249 e. The lowest BCUT2D eigenvalue weighted by Gasteiger charge is -2.10. The molecule has 4 aromatic carbocycles. The number of carbonyl (C=O) groups is 1. The lowest BCUT2D eigenvalue weighted by molar-refractivity contribution is 0.100. The number of fused-ring (bicyclic) bond motifs is 4. The van der Waals surface area contributed by atoms with Crippen molar-refractivity contribution in [2.45, 2.75) is 19.9 Å². The summed E-state index contributed by atoms with van der Waals surface area (Å²) in [7, 11) is 0. The second-order valence-corrected chi connectivity index (χ2v) is 7.54. The molecule has 5 rings (SSSR count). The Labute approximate surface area is 169 Å². The van der Waals surface area contributed by atoms with Crippen LogP contribution in [-0.4, -0.2) is 10.5 Å². The highest BCUT2D eigenvalue weighted by molar-refractivity contribution is 6.18. The van der Waals surface area contributed by atoms with Gasteiger partial charge in [-0.1, -0.05) is 61.5 Å². The molecule has 1 amide bonds. The molecule has 0 unspecified atom stereocenters. The van der Waals surface area contributed by atoms with Crippen molar-refractivity contribution in [2.24, 2.45) is 5.73 Å². The van der Waals surface area contributed by atoms with E-state index in [4.69, 9.17) is 5.73 Å². The molecule has 5 aromatic rings. The summed E-state index contributed by atoms with van der Waals surface area (Å²) in [6.07, 6.45) is 0.968. The van der Waals surface area contributed by atoms with Crippen molar-refractivity contribution >= 4 is 38.5 Å². The van der Waals surface area contributed by atoms with Crippen LogP contribution in [0.25, 0.3) is 32.6 Å². The molecule has 2 N–H and O–H groups in total. The van der Waals surface area contributed by atoms with E-state index in [0.717, 1.165) is 34.8 Å². The summed E-state index contributed by atoms with van der Waals surface area (Å²) >= 11 is 0. The number of amides is 1. The molecule has 0 atom stereocenters. The number of nitrogens with two attached hydrogens (primary N) is 1. The zero-order chi connectivity index (χ0) is 20.0. The molecule has 0 saturated carbocycles. The van der Waals surface area contributed by atoms with Gasteiger partial charge in [0.05, 0.1) is 5.52 Å². The van der Waals surface area contributed by atoms with Crippen molar-refractivity contribution in [3.63, 3.8) is 0 Å². The molecule has 0 spiro atoms. The van der Waals surface area contributed by atoms with Crippen LogP contribution in [-0.2, 0) is 13.0 Å². The van der Waals surface area contributed by atoms with Gasteiger partial charge in [0, 0.05) is 28.4 Å². The van der Waals surface area contributed by atoms with Crippen molar-refractivity contribution in [1.82, 2.24) is 4.57 Å².